The summed E-state index contributed by atoms with van der Waals surface area (Å²) in [6.45, 7) is 2.08. The molecule has 0 radical (unpaired) electrons. The molecule has 0 heterocycles. The van der Waals surface area contributed by atoms with Gasteiger partial charge in [0.25, 0.3) is 0 Å². The van der Waals surface area contributed by atoms with Gasteiger partial charge in [-0.05, 0) is 69.7 Å². The first-order valence-corrected chi connectivity index (χ1v) is 6.60. The highest BCUT2D eigenvalue weighted by Gasteiger charge is 2.56. The fourth-order valence-corrected chi connectivity index (χ4v) is 4.50. The summed E-state index contributed by atoms with van der Waals surface area (Å²) in [6.07, 6.45) is 6.22. The van der Waals surface area contributed by atoms with E-state index in [1.807, 2.05) is 0 Å². The van der Waals surface area contributed by atoms with Gasteiger partial charge >= 0.3 is 0 Å². The second kappa shape index (κ2) is 3.90. The summed E-state index contributed by atoms with van der Waals surface area (Å²) in [5, 5.41) is 12.6. The lowest BCUT2D eigenvalue weighted by molar-refractivity contribution is -0.340. The highest BCUT2D eigenvalue weighted by molar-refractivity contribution is 5.05. The smallest absolute Gasteiger partial charge is 0.0931 e. The molecule has 0 aromatic carbocycles. The van der Waals surface area contributed by atoms with Crippen molar-refractivity contribution in [2.24, 2.45) is 23.7 Å². The zero-order valence-corrected chi connectivity index (χ0v) is 10.6. The van der Waals surface area contributed by atoms with Crippen molar-refractivity contribution in [1.82, 2.24) is 10.5 Å². The van der Waals surface area contributed by atoms with Crippen molar-refractivity contribution in [3.63, 3.8) is 0 Å². The first-order valence-electron chi connectivity index (χ1n) is 6.60. The van der Waals surface area contributed by atoms with Crippen LogP contribution in [0.25, 0.3) is 5.84 Å². The molecule has 4 bridgehead atoms. The SMILES string of the molecule is CN([NH-])N([O-])OC1(C)C2CC3CC(C2)CC1C3. The van der Waals surface area contributed by atoms with Gasteiger partial charge < -0.3 is 16.2 Å². The Morgan fingerprint density at radius 1 is 1.12 bits per heavy atom. The van der Waals surface area contributed by atoms with Gasteiger partial charge in [0, 0.05) is 0 Å². The lowest BCUT2D eigenvalue weighted by atomic mass is 9.50. The van der Waals surface area contributed by atoms with Crippen molar-refractivity contribution in [3.8, 4) is 0 Å². The molecule has 17 heavy (non-hydrogen) atoms. The Labute approximate surface area is 102 Å². The Morgan fingerprint density at radius 2 is 1.59 bits per heavy atom. The molecule has 98 valence electrons. The quantitative estimate of drug-likeness (QED) is 0.710. The Balaban J connectivity index is 1.78. The fourth-order valence-electron chi connectivity index (χ4n) is 4.50. The van der Waals surface area contributed by atoms with E-state index < -0.39 is 0 Å². The normalized spacial score (nSPS) is 48.4. The third-order valence-corrected chi connectivity index (χ3v) is 5.28. The molecule has 0 aromatic heterocycles. The Kier molecular flexibility index (Phi) is 2.72. The molecular formula is C12H21N3O2-2. The Morgan fingerprint density at radius 3 is 2.00 bits per heavy atom. The first-order chi connectivity index (χ1) is 7.99. The van der Waals surface area contributed by atoms with Crippen molar-refractivity contribution in [3.05, 3.63) is 11.0 Å². The van der Waals surface area contributed by atoms with E-state index in [0.29, 0.717) is 17.2 Å². The van der Waals surface area contributed by atoms with Crippen LogP contribution in [0.2, 0.25) is 0 Å². The number of nitrogens with one attached hydrogen (secondary N) is 1. The van der Waals surface area contributed by atoms with Crippen LogP contribution in [-0.2, 0) is 4.84 Å². The molecule has 0 aromatic rings. The van der Waals surface area contributed by atoms with Crippen LogP contribution in [0.15, 0.2) is 0 Å². The summed E-state index contributed by atoms with van der Waals surface area (Å²) < 4.78 is 0. The molecular weight excluding hydrogens is 218 g/mol. The zero-order chi connectivity index (χ0) is 12.2. The lowest BCUT2D eigenvalue weighted by Gasteiger charge is -2.61. The Bertz CT molecular complexity index is 280. The average Bonchev–Trinajstić information content (AvgIpc) is 2.25. The standard InChI is InChI=1S/C12H21N3O2/c1-12(17-15(16)14(2)13)10-4-8-3-9(6-10)7-11(12)5-8/h8-11,13H,3-7H2,1-2H3/q-2. The number of hydrogen-bond donors (Lipinski definition) is 0. The van der Waals surface area contributed by atoms with Crippen molar-refractivity contribution < 1.29 is 4.84 Å². The molecule has 0 saturated heterocycles. The maximum absolute atomic E-state index is 11.6. The van der Waals surface area contributed by atoms with Crippen LogP contribution in [-0.4, -0.2) is 23.1 Å². The summed E-state index contributed by atoms with van der Waals surface area (Å²) in [7, 11) is 1.40. The molecule has 0 aliphatic heterocycles. The molecule has 4 aliphatic rings. The van der Waals surface area contributed by atoms with Gasteiger partial charge in [-0.15, -0.1) is 0 Å². The van der Waals surface area contributed by atoms with E-state index in [-0.39, 0.29) is 5.60 Å². The van der Waals surface area contributed by atoms with Gasteiger partial charge in [0.05, 0.1) is 5.60 Å². The van der Waals surface area contributed by atoms with Crippen molar-refractivity contribution in [2.75, 3.05) is 7.05 Å². The minimum atomic E-state index is -0.343. The van der Waals surface area contributed by atoms with Gasteiger partial charge in [0.1, 0.15) is 0 Å². The zero-order valence-electron chi connectivity index (χ0n) is 10.6. The van der Waals surface area contributed by atoms with Crippen LogP contribution in [0.3, 0.4) is 0 Å². The van der Waals surface area contributed by atoms with Crippen molar-refractivity contribution >= 4 is 0 Å². The fraction of sp³-hybridized carbons (Fsp3) is 1.00. The third-order valence-electron chi connectivity index (χ3n) is 5.28. The minimum absolute atomic E-state index is 0.336. The average molecular weight is 239 g/mol. The van der Waals surface area contributed by atoms with Crippen molar-refractivity contribution in [1.29, 1.82) is 0 Å². The third kappa shape index (κ3) is 1.81. The molecule has 5 nitrogen and oxygen atoms in total. The van der Waals surface area contributed by atoms with Crippen LogP contribution in [0, 0.1) is 28.9 Å². The second-order valence-electron chi connectivity index (χ2n) is 6.34. The predicted octanol–water partition coefficient (Wildman–Crippen LogP) is 2.75. The molecule has 4 fully saturated rings. The summed E-state index contributed by atoms with van der Waals surface area (Å²) >= 11 is 0. The van der Waals surface area contributed by atoms with Crippen LogP contribution in [0.1, 0.15) is 39.0 Å². The van der Waals surface area contributed by atoms with E-state index in [1.54, 1.807) is 0 Å². The maximum Gasteiger partial charge on any atom is 0.0931 e. The molecule has 0 atom stereocenters. The molecule has 4 saturated carbocycles. The van der Waals surface area contributed by atoms with E-state index in [2.05, 4.69) is 6.92 Å². The monoisotopic (exact) mass is 239 g/mol. The Hall–Kier alpha value is -0.200. The number of rotatable bonds is 3. The van der Waals surface area contributed by atoms with Crippen LogP contribution < -0.4 is 0 Å². The summed E-state index contributed by atoms with van der Waals surface area (Å²) in [5.74, 6) is 10.0. The molecule has 1 N–H and O–H groups in total. The number of hydrazine groups is 1. The van der Waals surface area contributed by atoms with Gasteiger partial charge in [-0.1, -0.05) is 0 Å². The van der Waals surface area contributed by atoms with Crippen LogP contribution >= 0.6 is 0 Å². The van der Waals surface area contributed by atoms with E-state index >= 15 is 0 Å². The van der Waals surface area contributed by atoms with Crippen molar-refractivity contribution in [2.45, 2.75) is 44.6 Å². The predicted molar refractivity (Wildman–Crippen MR) is 63.8 cm³/mol. The minimum Gasteiger partial charge on any atom is -0.749 e. The largest absolute Gasteiger partial charge is 0.749 e. The van der Waals surface area contributed by atoms with Gasteiger partial charge in [-0.2, -0.15) is 0 Å². The number of hydrogen-bond acceptors (Lipinski definition) is 4. The van der Waals surface area contributed by atoms with E-state index in [4.69, 9.17) is 10.7 Å². The topological polar surface area (TPSA) is 62.6 Å². The van der Waals surface area contributed by atoms with E-state index in [1.165, 1.54) is 39.2 Å². The molecule has 4 aliphatic carbocycles. The summed E-state index contributed by atoms with van der Waals surface area (Å²) in [6, 6.07) is 0. The van der Waals surface area contributed by atoms with Gasteiger partial charge in [0.15, 0.2) is 0 Å². The first kappa shape index (κ1) is 11.9. The van der Waals surface area contributed by atoms with E-state index in [0.717, 1.165) is 17.0 Å². The molecule has 0 unspecified atom stereocenters. The van der Waals surface area contributed by atoms with E-state index in [9.17, 15) is 5.21 Å². The molecule has 0 amide bonds. The van der Waals surface area contributed by atoms with Gasteiger partial charge in [-0.25, -0.2) is 5.34 Å². The van der Waals surface area contributed by atoms with Crippen LogP contribution in [0.4, 0.5) is 0 Å². The van der Waals surface area contributed by atoms with Gasteiger partial charge in [0.2, 0.25) is 0 Å². The maximum atomic E-state index is 11.6. The molecule has 4 rings (SSSR count). The lowest BCUT2D eigenvalue weighted by Crippen LogP contribution is -2.59. The van der Waals surface area contributed by atoms with Crippen LogP contribution in [0.5, 0.6) is 0 Å². The van der Waals surface area contributed by atoms with Gasteiger partial charge in [-0.3, -0.25) is 4.84 Å². The second-order valence-corrected chi connectivity index (χ2v) is 6.34. The summed E-state index contributed by atoms with van der Waals surface area (Å²) in [4.78, 5) is 5.59. The highest BCUT2D eigenvalue weighted by Crippen LogP contribution is 2.59. The molecule has 0 spiro atoms. The molecule has 5 heteroatoms. The number of nitrogens with zero attached hydrogens (tertiary/aromatic N) is 2. The summed E-state index contributed by atoms with van der Waals surface area (Å²) in [5.41, 5.74) is -0.343. The highest BCUT2D eigenvalue weighted by atomic mass is 16.9.